The molecule has 6 heteroatoms. The number of nitrogens with two attached hydrogens (primary N) is 1. The van der Waals surface area contributed by atoms with Crippen LogP contribution in [0.5, 0.6) is 0 Å². The van der Waals surface area contributed by atoms with Gasteiger partial charge in [0.25, 0.3) is 5.03 Å². The molecule has 1 aromatic heterocycles. The highest BCUT2D eigenvalue weighted by Crippen LogP contribution is 2.14. The number of pyridine rings is 1. The molecule has 0 amide bonds. The first-order chi connectivity index (χ1) is 8.06. The molecule has 0 saturated carbocycles. The highest BCUT2D eigenvalue weighted by Gasteiger charge is 2.14. The lowest BCUT2D eigenvalue weighted by molar-refractivity contribution is -0.645. The van der Waals surface area contributed by atoms with Crippen LogP contribution < -0.4 is 10.5 Å². The molecule has 0 aromatic carbocycles. The highest BCUT2D eigenvalue weighted by molar-refractivity contribution is 7.99. The van der Waals surface area contributed by atoms with Gasteiger partial charge in [-0.2, -0.15) is 9.99 Å². The van der Waals surface area contributed by atoms with E-state index in [1.165, 1.54) is 13.1 Å². The van der Waals surface area contributed by atoms with Gasteiger partial charge >= 0.3 is 0 Å². The number of thioether (sulfide) groups is 1. The number of rotatable bonds is 4. The molecule has 1 rings (SSSR count). The third-order valence-electron chi connectivity index (χ3n) is 1.92. The summed E-state index contributed by atoms with van der Waals surface area (Å²) < 4.78 is 0.670. The van der Waals surface area contributed by atoms with E-state index >= 15 is 0 Å². The first kappa shape index (κ1) is 13.1. The van der Waals surface area contributed by atoms with Crippen LogP contribution in [0, 0.1) is 16.5 Å². The van der Waals surface area contributed by atoms with Crippen LogP contribution in [0.1, 0.15) is 6.92 Å². The van der Waals surface area contributed by atoms with Gasteiger partial charge in [-0.1, -0.05) is 0 Å². The molecule has 0 bridgehead atoms. The van der Waals surface area contributed by atoms with Gasteiger partial charge < -0.3 is 10.9 Å². The Kier molecular flexibility index (Phi) is 4.55. The van der Waals surface area contributed by atoms with Crippen molar-refractivity contribution in [1.82, 2.24) is 0 Å². The fourth-order valence-electron chi connectivity index (χ4n) is 1.11. The SMILES string of the molecule is CC(N)=C(C#N)C(=O)CSc1cccc[n+]1[O-]. The van der Waals surface area contributed by atoms with Crippen molar-refractivity contribution in [2.45, 2.75) is 11.9 Å². The Morgan fingerprint density at radius 2 is 2.35 bits per heavy atom. The molecule has 0 spiro atoms. The molecule has 0 saturated heterocycles. The predicted octanol–water partition coefficient (Wildman–Crippen LogP) is 0.737. The number of ketones is 1. The summed E-state index contributed by atoms with van der Waals surface area (Å²) >= 11 is 1.08. The van der Waals surface area contributed by atoms with Crippen molar-refractivity contribution in [3.8, 4) is 6.07 Å². The summed E-state index contributed by atoms with van der Waals surface area (Å²) in [6.07, 6.45) is 1.35. The minimum absolute atomic E-state index is 0.0175. The zero-order chi connectivity index (χ0) is 12.8. The van der Waals surface area contributed by atoms with Gasteiger partial charge in [0.1, 0.15) is 11.6 Å². The van der Waals surface area contributed by atoms with E-state index in [9.17, 15) is 10.0 Å². The van der Waals surface area contributed by atoms with E-state index in [1.54, 1.807) is 24.3 Å². The van der Waals surface area contributed by atoms with Crippen LogP contribution in [0.4, 0.5) is 0 Å². The maximum absolute atomic E-state index is 11.6. The van der Waals surface area contributed by atoms with Crippen molar-refractivity contribution >= 4 is 17.5 Å². The molecule has 0 radical (unpaired) electrons. The number of nitrogens with zero attached hydrogens (tertiary/aromatic N) is 2. The van der Waals surface area contributed by atoms with Gasteiger partial charge in [0, 0.05) is 17.8 Å². The maximum atomic E-state index is 11.6. The summed E-state index contributed by atoms with van der Waals surface area (Å²) in [4.78, 5) is 11.6. The summed E-state index contributed by atoms with van der Waals surface area (Å²) in [5, 5.41) is 20.4. The summed E-state index contributed by atoms with van der Waals surface area (Å²) in [7, 11) is 0. The molecule has 0 aliphatic heterocycles. The van der Waals surface area contributed by atoms with Crippen LogP contribution in [-0.4, -0.2) is 11.5 Å². The molecule has 1 aromatic rings. The minimum atomic E-state index is -0.374. The Labute approximate surface area is 103 Å². The maximum Gasteiger partial charge on any atom is 0.251 e. The fourth-order valence-corrected chi connectivity index (χ4v) is 1.89. The third kappa shape index (κ3) is 3.50. The lowest BCUT2D eigenvalue weighted by atomic mass is 10.2. The number of carbonyl (C=O) groups excluding carboxylic acids is 1. The largest absolute Gasteiger partial charge is 0.618 e. The molecular formula is C11H11N3O2S. The Balaban J connectivity index is 2.71. The second-order valence-electron chi connectivity index (χ2n) is 3.25. The van der Waals surface area contributed by atoms with Crippen LogP contribution in [0.15, 0.2) is 40.7 Å². The second-order valence-corrected chi connectivity index (χ2v) is 4.24. The molecule has 17 heavy (non-hydrogen) atoms. The van der Waals surface area contributed by atoms with E-state index in [2.05, 4.69) is 0 Å². The number of allylic oxidation sites excluding steroid dienone is 2. The predicted molar refractivity (Wildman–Crippen MR) is 63.6 cm³/mol. The van der Waals surface area contributed by atoms with Crippen molar-refractivity contribution in [3.63, 3.8) is 0 Å². The number of hydrogen-bond acceptors (Lipinski definition) is 5. The molecular weight excluding hydrogens is 238 g/mol. The van der Waals surface area contributed by atoms with Gasteiger partial charge in [-0.25, -0.2) is 0 Å². The number of aromatic nitrogens is 1. The van der Waals surface area contributed by atoms with Gasteiger partial charge in [0.15, 0.2) is 12.0 Å². The number of carbonyl (C=O) groups is 1. The Morgan fingerprint density at radius 1 is 1.65 bits per heavy atom. The standard InChI is InChI=1S/C11H11N3O2S/c1-8(13)9(6-12)10(15)7-17-11-4-2-3-5-14(11)16/h2-5H,7,13H2,1H3. The fraction of sp³-hybridized carbons (Fsp3) is 0.182. The molecule has 5 nitrogen and oxygen atoms in total. The number of nitriles is 1. The molecule has 0 fully saturated rings. The van der Waals surface area contributed by atoms with E-state index in [1.807, 2.05) is 0 Å². The van der Waals surface area contributed by atoms with Gasteiger partial charge in [-0.05, 0) is 24.8 Å². The highest BCUT2D eigenvalue weighted by atomic mass is 32.2. The molecule has 0 aliphatic carbocycles. The van der Waals surface area contributed by atoms with Crippen LogP contribution in [0.2, 0.25) is 0 Å². The topological polar surface area (TPSA) is 93.8 Å². The van der Waals surface area contributed by atoms with Crippen molar-refractivity contribution in [3.05, 3.63) is 40.9 Å². The van der Waals surface area contributed by atoms with E-state index < -0.39 is 0 Å². The van der Waals surface area contributed by atoms with Crippen LogP contribution >= 0.6 is 11.8 Å². The molecule has 0 aliphatic rings. The van der Waals surface area contributed by atoms with E-state index in [-0.39, 0.29) is 22.8 Å². The molecule has 0 unspecified atom stereocenters. The summed E-state index contributed by atoms with van der Waals surface area (Å²) in [6, 6.07) is 6.67. The smallest absolute Gasteiger partial charge is 0.251 e. The van der Waals surface area contributed by atoms with Crippen molar-refractivity contribution in [1.29, 1.82) is 5.26 Å². The van der Waals surface area contributed by atoms with Crippen LogP contribution in [-0.2, 0) is 4.79 Å². The Bertz CT molecular complexity index is 502. The summed E-state index contributed by atoms with van der Waals surface area (Å²) in [6.45, 7) is 1.50. The van der Waals surface area contributed by atoms with E-state index in [0.717, 1.165) is 11.8 Å². The second kappa shape index (κ2) is 5.92. The van der Waals surface area contributed by atoms with Gasteiger partial charge in [0.2, 0.25) is 0 Å². The molecule has 0 atom stereocenters. The zero-order valence-corrected chi connectivity index (χ0v) is 10.0. The number of hydrogen-bond donors (Lipinski definition) is 1. The van der Waals surface area contributed by atoms with Crippen molar-refractivity contribution in [2.75, 3.05) is 5.75 Å². The average molecular weight is 249 g/mol. The van der Waals surface area contributed by atoms with Gasteiger partial charge in [0.05, 0.1) is 5.75 Å². The van der Waals surface area contributed by atoms with E-state index in [4.69, 9.17) is 11.0 Å². The number of Topliss-reactive ketones (excluding diaryl/α,β-unsaturated/α-hetero) is 1. The first-order valence-corrected chi connectivity index (χ1v) is 5.75. The summed E-state index contributed by atoms with van der Waals surface area (Å²) in [5.41, 5.74) is 5.55. The Hall–Kier alpha value is -2.00. The minimum Gasteiger partial charge on any atom is -0.618 e. The van der Waals surface area contributed by atoms with Gasteiger partial charge in [-0.3, -0.25) is 4.79 Å². The Morgan fingerprint density at radius 3 is 2.88 bits per heavy atom. The first-order valence-electron chi connectivity index (χ1n) is 4.77. The zero-order valence-electron chi connectivity index (χ0n) is 9.21. The lowest BCUT2D eigenvalue weighted by Gasteiger charge is -2.02. The van der Waals surface area contributed by atoms with Crippen molar-refractivity contribution < 1.29 is 9.52 Å². The monoisotopic (exact) mass is 249 g/mol. The normalized spacial score (nSPS) is 11.5. The summed E-state index contributed by atoms with van der Waals surface area (Å²) in [5.74, 6) is -0.356. The molecule has 1 heterocycles. The van der Waals surface area contributed by atoms with Crippen LogP contribution in [0.3, 0.4) is 0 Å². The van der Waals surface area contributed by atoms with Crippen molar-refractivity contribution in [2.24, 2.45) is 5.73 Å². The van der Waals surface area contributed by atoms with Gasteiger partial charge in [-0.15, -0.1) is 0 Å². The molecule has 2 N–H and O–H groups in total. The third-order valence-corrected chi connectivity index (χ3v) is 2.94. The van der Waals surface area contributed by atoms with E-state index in [0.29, 0.717) is 9.76 Å². The quantitative estimate of drug-likeness (QED) is 0.279. The molecule has 88 valence electrons. The van der Waals surface area contributed by atoms with Crippen LogP contribution in [0.25, 0.3) is 0 Å². The lowest BCUT2D eigenvalue weighted by Crippen LogP contribution is -2.28. The average Bonchev–Trinajstić information content (AvgIpc) is 2.28.